The zero-order chi connectivity index (χ0) is 22.7. The number of esters is 1. The summed E-state index contributed by atoms with van der Waals surface area (Å²) in [6.07, 6.45) is 0.137. The van der Waals surface area contributed by atoms with Crippen molar-refractivity contribution < 1.29 is 14.3 Å². The van der Waals surface area contributed by atoms with Gasteiger partial charge in [-0.3, -0.25) is 0 Å². The molecular formula is C27H26ClNO3. The lowest BCUT2D eigenvalue weighted by molar-refractivity contribution is 0.0515. The van der Waals surface area contributed by atoms with Gasteiger partial charge in [-0.15, -0.1) is 0 Å². The summed E-state index contributed by atoms with van der Waals surface area (Å²) in [7, 11) is 0. The Balaban J connectivity index is 1.74. The van der Waals surface area contributed by atoms with Crippen LogP contribution in [0, 0.1) is 0 Å². The van der Waals surface area contributed by atoms with Crippen LogP contribution in [0.25, 0.3) is 22.0 Å². The summed E-state index contributed by atoms with van der Waals surface area (Å²) in [5.41, 5.74) is 4.67. The quantitative estimate of drug-likeness (QED) is 0.287. The molecule has 0 unspecified atom stereocenters. The van der Waals surface area contributed by atoms with Gasteiger partial charge in [0.25, 0.3) is 0 Å². The van der Waals surface area contributed by atoms with Crippen LogP contribution in [0.3, 0.4) is 0 Å². The molecule has 0 bridgehead atoms. The highest BCUT2D eigenvalue weighted by atomic mass is 35.5. The molecule has 0 aliphatic heterocycles. The van der Waals surface area contributed by atoms with E-state index in [1.807, 2.05) is 79.9 Å². The molecule has 4 aromatic rings. The van der Waals surface area contributed by atoms with E-state index in [1.54, 1.807) is 0 Å². The molecule has 164 valence electrons. The minimum atomic E-state index is -0.331. The molecule has 0 spiro atoms. The van der Waals surface area contributed by atoms with Crippen molar-refractivity contribution in [2.75, 3.05) is 6.61 Å². The van der Waals surface area contributed by atoms with Crippen molar-refractivity contribution in [1.82, 2.24) is 4.57 Å². The van der Waals surface area contributed by atoms with E-state index in [9.17, 15) is 4.79 Å². The third-order valence-corrected chi connectivity index (χ3v) is 5.41. The number of hydrogen-bond acceptors (Lipinski definition) is 3. The smallest absolute Gasteiger partial charge is 0.354 e. The molecule has 0 saturated heterocycles. The van der Waals surface area contributed by atoms with Crippen molar-refractivity contribution in [3.8, 4) is 16.9 Å². The van der Waals surface area contributed by atoms with Crippen molar-refractivity contribution in [2.24, 2.45) is 0 Å². The summed E-state index contributed by atoms with van der Waals surface area (Å²) in [5, 5.41) is 1.65. The van der Waals surface area contributed by atoms with Crippen LogP contribution in [0.1, 0.15) is 36.8 Å². The average molecular weight is 448 g/mol. The number of fused-ring (bicyclic) bond motifs is 1. The number of carbonyl (C=O) groups excluding carboxylic acids is 1. The third-order valence-electron chi connectivity index (χ3n) is 5.18. The van der Waals surface area contributed by atoms with Gasteiger partial charge in [0.2, 0.25) is 0 Å². The summed E-state index contributed by atoms with van der Waals surface area (Å²) < 4.78 is 13.1. The number of carbonyl (C=O) groups is 1. The first kappa shape index (κ1) is 22.0. The molecule has 32 heavy (non-hydrogen) atoms. The lowest BCUT2D eigenvalue weighted by Gasteiger charge is -2.12. The lowest BCUT2D eigenvalue weighted by atomic mass is 10.0. The first-order valence-electron chi connectivity index (χ1n) is 10.8. The second kappa shape index (κ2) is 9.49. The van der Waals surface area contributed by atoms with E-state index < -0.39 is 0 Å². The van der Waals surface area contributed by atoms with Gasteiger partial charge in [-0.2, -0.15) is 0 Å². The minimum absolute atomic E-state index is 0.137. The predicted molar refractivity (Wildman–Crippen MR) is 130 cm³/mol. The maximum Gasteiger partial charge on any atom is 0.354 e. The molecule has 0 N–H and O–H groups in total. The Morgan fingerprint density at radius 3 is 2.41 bits per heavy atom. The van der Waals surface area contributed by atoms with Gasteiger partial charge in [0, 0.05) is 22.5 Å². The predicted octanol–water partition coefficient (Wildman–Crippen LogP) is 6.97. The number of halogens is 1. The van der Waals surface area contributed by atoms with Crippen molar-refractivity contribution in [3.63, 3.8) is 0 Å². The average Bonchev–Trinajstić information content (AvgIpc) is 3.12. The highest BCUT2D eigenvalue weighted by Gasteiger charge is 2.17. The fourth-order valence-electron chi connectivity index (χ4n) is 3.81. The Hall–Kier alpha value is -3.24. The summed E-state index contributed by atoms with van der Waals surface area (Å²) in [6.45, 7) is 6.69. The number of rotatable bonds is 7. The van der Waals surface area contributed by atoms with Gasteiger partial charge in [0.05, 0.1) is 12.7 Å². The molecular weight excluding hydrogens is 422 g/mol. The molecule has 1 aromatic heterocycles. The summed E-state index contributed by atoms with van der Waals surface area (Å²) in [6, 6.07) is 23.9. The van der Waals surface area contributed by atoms with E-state index >= 15 is 0 Å². The first-order chi connectivity index (χ1) is 15.4. The highest BCUT2D eigenvalue weighted by Crippen LogP contribution is 2.29. The van der Waals surface area contributed by atoms with Crippen molar-refractivity contribution in [2.45, 2.75) is 33.4 Å². The minimum Gasteiger partial charge on any atom is -0.491 e. The summed E-state index contributed by atoms with van der Waals surface area (Å²) in [5.74, 6) is 0.518. The topological polar surface area (TPSA) is 40.5 Å². The van der Waals surface area contributed by atoms with Crippen LogP contribution in [-0.4, -0.2) is 23.2 Å². The molecule has 0 fully saturated rings. The fraction of sp³-hybridized carbons (Fsp3) is 0.222. The molecule has 0 atom stereocenters. The van der Waals surface area contributed by atoms with Gasteiger partial charge in [-0.1, -0.05) is 41.9 Å². The van der Waals surface area contributed by atoms with Crippen molar-refractivity contribution >= 4 is 28.5 Å². The number of aromatic nitrogens is 1. The third kappa shape index (κ3) is 4.81. The molecule has 5 heteroatoms. The van der Waals surface area contributed by atoms with Crippen LogP contribution in [-0.2, 0) is 11.3 Å². The number of ether oxygens (including phenoxy) is 2. The molecule has 1 heterocycles. The van der Waals surface area contributed by atoms with E-state index in [-0.39, 0.29) is 12.1 Å². The second-order valence-electron chi connectivity index (χ2n) is 7.93. The van der Waals surface area contributed by atoms with E-state index in [2.05, 4.69) is 18.2 Å². The van der Waals surface area contributed by atoms with Gasteiger partial charge >= 0.3 is 5.97 Å². The molecule has 0 amide bonds. The molecule has 3 aromatic carbocycles. The Kier molecular flexibility index (Phi) is 6.52. The van der Waals surface area contributed by atoms with Crippen LogP contribution >= 0.6 is 11.6 Å². The molecule has 4 nitrogen and oxygen atoms in total. The summed E-state index contributed by atoms with van der Waals surface area (Å²) in [4.78, 5) is 12.7. The van der Waals surface area contributed by atoms with Crippen LogP contribution in [0.4, 0.5) is 0 Å². The van der Waals surface area contributed by atoms with Gasteiger partial charge in [0.1, 0.15) is 11.4 Å². The SMILES string of the molecule is CCOC(=O)c1cc2cc(-c3ccc(OC(C)C)cc3)ccc2n1Cc1cccc(Cl)c1. The van der Waals surface area contributed by atoms with E-state index in [0.717, 1.165) is 33.3 Å². The van der Waals surface area contributed by atoms with E-state index in [4.69, 9.17) is 21.1 Å². The molecule has 0 radical (unpaired) electrons. The Morgan fingerprint density at radius 1 is 0.969 bits per heavy atom. The van der Waals surface area contributed by atoms with Gasteiger partial charge in [-0.05, 0) is 79.9 Å². The number of benzene rings is 3. The maximum absolute atomic E-state index is 12.7. The van der Waals surface area contributed by atoms with E-state index in [0.29, 0.717) is 23.9 Å². The van der Waals surface area contributed by atoms with Gasteiger partial charge in [0.15, 0.2) is 0 Å². The van der Waals surface area contributed by atoms with Crippen LogP contribution in [0.2, 0.25) is 5.02 Å². The van der Waals surface area contributed by atoms with Gasteiger partial charge in [-0.25, -0.2) is 4.79 Å². The molecule has 0 saturated carbocycles. The monoisotopic (exact) mass is 447 g/mol. The highest BCUT2D eigenvalue weighted by molar-refractivity contribution is 6.30. The molecule has 0 aliphatic rings. The van der Waals surface area contributed by atoms with Crippen LogP contribution < -0.4 is 4.74 Å². The largest absolute Gasteiger partial charge is 0.491 e. The van der Waals surface area contributed by atoms with Crippen molar-refractivity contribution in [1.29, 1.82) is 0 Å². The lowest BCUT2D eigenvalue weighted by Crippen LogP contribution is -2.12. The first-order valence-corrected chi connectivity index (χ1v) is 11.1. The van der Waals surface area contributed by atoms with E-state index in [1.165, 1.54) is 0 Å². The Labute approximate surface area is 193 Å². The Morgan fingerprint density at radius 2 is 1.72 bits per heavy atom. The number of hydrogen-bond donors (Lipinski definition) is 0. The van der Waals surface area contributed by atoms with Crippen molar-refractivity contribution in [3.05, 3.63) is 89.1 Å². The summed E-state index contributed by atoms with van der Waals surface area (Å²) >= 11 is 6.17. The van der Waals surface area contributed by atoms with Crippen LogP contribution in [0.15, 0.2) is 72.8 Å². The Bertz CT molecular complexity index is 1240. The fourth-order valence-corrected chi connectivity index (χ4v) is 4.02. The molecule has 4 rings (SSSR count). The zero-order valence-corrected chi connectivity index (χ0v) is 19.2. The normalized spacial score (nSPS) is 11.2. The zero-order valence-electron chi connectivity index (χ0n) is 18.5. The number of nitrogens with zero attached hydrogens (tertiary/aromatic N) is 1. The second-order valence-corrected chi connectivity index (χ2v) is 8.37. The van der Waals surface area contributed by atoms with Crippen LogP contribution in [0.5, 0.6) is 5.75 Å². The maximum atomic E-state index is 12.7. The molecule has 0 aliphatic carbocycles. The standard InChI is InChI=1S/C27H26ClNO3/c1-4-31-27(30)26-16-22-15-21(20-8-11-24(12-9-20)32-18(2)3)10-13-25(22)29(26)17-19-6-5-7-23(28)14-19/h5-16,18H,4,17H2,1-3H3. The van der Waals surface area contributed by atoms with Gasteiger partial charge < -0.3 is 14.0 Å².